The number of aromatic nitrogens is 3. The van der Waals surface area contributed by atoms with Gasteiger partial charge in [-0.25, -0.2) is 0 Å². The van der Waals surface area contributed by atoms with Crippen molar-refractivity contribution in [2.45, 2.75) is 32.6 Å². The van der Waals surface area contributed by atoms with Crippen molar-refractivity contribution in [3.05, 3.63) is 11.9 Å². The summed E-state index contributed by atoms with van der Waals surface area (Å²) in [6.45, 7) is 2.02. The van der Waals surface area contributed by atoms with Gasteiger partial charge in [0.2, 0.25) is 0 Å². The third kappa shape index (κ3) is 2.97. The average Bonchev–Trinajstić information content (AvgIpc) is 2.48. The number of rotatable bonds is 5. The van der Waals surface area contributed by atoms with Gasteiger partial charge in [0.05, 0.1) is 11.9 Å². The molecule has 0 saturated heterocycles. The van der Waals surface area contributed by atoms with Gasteiger partial charge in [0.1, 0.15) is 5.78 Å². The topological polar surface area (TPSA) is 47.8 Å². The summed E-state index contributed by atoms with van der Waals surface area (Å²) in [6.07, 6.45) is 4.68. The fourth-order valence-corrected chi connectivity index (χ4v) is 1.21. The fraction of sp³-hybridized carbons (Fsp3) is 0.667. The van der Waals surface area contributed by atoms with E-state index in [0.29, 0.717) is 18.6 Å². The minimum absolute atomic E-state index is 0.323. The second kappa shape index (κ2) is 4.74. The molecule has 13 heavy (non-hydrogen) atoms. The Hall–Kier alpha value is -1.19. The van der Waals surface area contributed by atoms with E-state index in [1.54, 1.807) is 10.9 Å². The Bertz CT molecular complexity index is 280. The summed E-state index contributed by atoms with van der Waals surface area (Å²) in [4.78, 5) is 11.2. The molecule has 4 nitrogen and oxygen atoms in total. The first kappa shape index (κ1) is 9.89. The lowest BCUT2D eigenvalue weighted by Gasteiger charge is -1.99. The van der Waals surface area contributed by atoms with Crippen LogP contribution >= 0.6 is 0 Å². The number of hydrogen-bond donors (Lipinski definition) is 0. The van der Waals surface area contributed by atoms with Crippen LogP contribution in [-0.2, 0) is 18.3 Å². The van der Waals surface area contributed by atoms with Crippen LogP contribution in [0.5, 0.6) is 0 Å². The predicted molar refractivity (Wildman–Crippen MR) is 49.2 cm³/mol. The monoisotopic (exact) mass is 181 g/mol. The standard InChI is InChI=1S/C9H15N3O/c1-3-4-9(13)6-5-8-7-10-11-12(8)2/h7H,3-6H2,1-2H3. The highest BCUT2D eigenvalue weighted by Gasteiger charge is 2.04. The molecule has 4 heteroatoms. The number of ketones is 1. The van der Waals surface area contributed by atoms with Gasteiger partial charge in [-0.05, 0) is 12.8 Å². The highest BCUT2D eigenvalue weighted by Crippen LogP contribution is 2.02. The Morgan fingerprint density at radius 3 is 2.85 bits per heavy atom. The van der Waals surface area contributed by atoms with Crippen LogP contribution < -0.4 is 0 Å². The van der Waals surface area contributed by atoms with Crippen LogP contribution in [0.3, 0.4) is 0 Å². The lowest BCUT2D eigenvalue weighted by atomic mass is 10.1. The van der Waals surface area contributed by atoms with Crippen molar-refractivity contribution in [1.82, 2.24) is 15.0 Å². The van der Waals surface area contributed by atoms with E-state index in [2.05, 4.69) is 10.3 Å². The molecule has 0 N–H and O–H groups in total. The lowest BCUT2D eigenvalue weighted by Crippen LogP contribution is -2.03. The molecule has 0 unspecified atom stereocenters. The molecular formula is C9H15N3O. The quantitative estimate of drug-likeness (QED) is 0.683. The zero-order valence-corrected chi connectivity index (χ0v) is 8.16. The molecule has 0 atom stereocenters. The maximum Gasteiger partial charge on any atom is 0.133 e. The van der Waals surface area contributed by atoms with Crippen molar-refractivity contribution in [3.63, 3.8) is 0 Å². The zero-order valence-electron chi connectivity index (χ0n) is 8.16. The number of carbonyl (C=O) groups excluding carboxylic acids is 1. The molecule has 1 rings (SSSR count). The first-order valence-corrected chi connectivity index (χ1v) is 4.59. The first-order valence-electron chi connectivity index (χ1n) is 4.59. The van der Waals surface area contributed by atoms with E-state index in [0.717, 1.165) is 18.5 Å². The van der Waals surface area contributed by atoms with Crippen LogP contribution in [0, 0.1) is 0 Å². The van der Waals surface area contributed by atoms with E-state index in [-0.39, 0.29) is 0 Å². The molecule has 0 aliphatic heterocycles. The van der Waals surface area contributed by atoms with Gasteiger partial charge in [-0.1, -0.05) is 12.1 Å². The number of Topliss-reactive ketones (excluding diaryl/α,β-unsaturated/α-hetero) is 1. The summed E-state index contributed by atoms with van der Waals surface area (Å²) >= 11 is 0. The second-order valence-electron chi connectivity index (χ2n) is 3.14. The Morgan fingerprint density at radius 1 is 1.54 bits per heavy atom. The summed E-state index contributed by atoms with van der Waals surface area (Å²) in [5.74, 6) is 0.323. The van der Waals surface area contributed by atoms with Gasteiger partial charge in [0, 0.05) is 19.9 Å². The highest BCUT2D eigenvalue weighted by molar-refractivity contribution is 5.78. The van der Waals surface area contributed by atoms with Crippen molar-refractivity contribution in [1.29, 1.82) is 0 Å². The fourth-order valence-electron chi connectivity index (χ4n) is 1.21. The molecule has 0 aliphatic carbocycles. The first-order chi connectivity index (χ1) is 6.24. The van der Waals surface area contributed by atoms with Crippen molar-refractivity contribution in [2.75, 3.05) is 0 Å². The summed E-state index contributed by atoms with van der Waals surface area (Å²) in [7, 11) is 1.84. The summed E-state index contributed by atoms with van der Waals surface area (Å²) < 4.78 is 1.71. The van der Waals surface area contributed by atoms with E-state index >= 15 is 0 Å². The lowest BCUT2D eigenvalue weighted by molar-refractivity contribution is -0.119. The third-order valence-corrected chi connectivity index (χ3v) is 2.00. The van der Waals surface area contributed by atoms with Crippen LogP contribution in [0.15, 0.2) is 6.20 Å². The average molecular weight is 181 g/mol. The van der Waals surface area contributed by atoms with Crippen molar-refractivity contribution in [2.24, 2.45) is 7.05 Å². The molecule has 0 bridgehead atoms. The molecule has 1 aromatic heterocycles. The van der Waals surface area contributed by atoms with Gasteiger partial charge < -0.3 is 0 Å². The van der Waals surface area contributed by atoms with E-state index < -0.39 is 0 Å². The largest absolute Gasteiger partial charge is 0.300 e. The van der Waals surface area contributed by atoms with Gasteiger partial charge >= 0.3 is 0 Å². The van der Waals surface area contributed by atoms with E-state index in [9.17, 15) is 4.79 Å². The molecule has 0 amide bonds. The van der Waals surface area contributed by atoms with Crippen LogP contribution in [0.1, 0.15) is 31.9 Å². The number of carbonyl (C=O) groups is 1. The van der Waals surface area contributed by atoms with Gasteiger partial charge in [0.15, 0.2) is 0 Å². The second-order valence-corrected chi connectivity index (χ2v) is 3.14. The normalized spacial score (nSPS) is 10.3. The Labute approximate surface area is 77.9 Å². The Balaban J connectivity index is 2.35. The number of aryl methyl sites for hydroxylation is 2. The number of nitrogens with zero attached hydrogens (tertiary/aromatic N) is 3. The van der Waals surface area contributed by atoms with Gasteiger partial charge in [-0.15, -0.1) is 5.10 Å². The molecule has 0 spiro atoms. The van der Waals surface area contributed by atoms with E-state index in [4.69, 9.17) is 0 Å². The van der Waals surface area contributed by atoms with Crippen LogP contribution in [0.2, 0.25) is 0 Å². The maximum absolute atomic E-state index is 11.2. The number of hydrogen-bond acceptors (Lipinski definition) is 3. The molecule has 72 valence electrons. The molecule has 0 fully saturated rings. The van der Waals surface area contributed by atoms with E-state index in [1.807, 2.05) is 14.0 Å². The molecule has 1 aromatic rings. The summed E-state index contributed by atoms with van der Waals surface area (Å²) in [5.41, 5.74) is 1.02. The van der Waals surface area contributed by atoms with Crippen LogP contribution in [0.4, 0.5) is 0 Å². The minimum atomic E-state index is 0.323. The van der Waals surface area contributed by atoms with Crippen LogP contribution in [0.25, 0.3) is 0 Å². The predicted octanol–water partition coefficient (Wildman–Crippen LogP) is 1.12. The minimum Gasteiger partial charge on any atom is -0.300 e. The van der Waals surface area contributed by atoms with Crippen molar-refractivity contribution in [3.8, 4) is 0 Å². The SMILES string of the molecule is CCCC(=O)CCc1cnnn1C. The third-order valence-electron chi connectivity index (χ3n) is 2.00. The Morgan fingerprint density at radius 2 is 2.31 bits per heavy atom. The molecule has 0 radical (unpaired) electrons. The van der Waals surface area contributed by atoms with Gasteiger partial charge in [-0.3, -0.25) is 9.48 Å². The van der Waals surface area contributed by atoms with Gasteiger partial charge in [0.25, 0.3) is 0 Å². The summed E-state index contributed by atoms with van der Waals surface area (Å²) in [5, 5.41) is 7.54. The molecule has 1 heterocycles. The molecule has 0 aliphatic rings. The van der Waals surface area contributed by atoms with E-state index in [1.165, 1.54) is 0 Å². The molecule has 0 aromatic carbocycles. The maximum atomic E-state index is 11.2. The smallest absolute Gasteiger partial charge is 0.133 e. The van der Waals surface area contributed by atoms with Crippen LogP contribution in [-0.4, -0.2) is 20.8 Å². The van der Waals surface area contributed by atoms with Gasteiger partial charge in [-0.2, -0.15) is 0 Å². The Kier molecular flexibility index (Phi) is 3.61. The summed E-state index contributed by atoms with van der Waals surface area (Å²) in [6, 6.07) is 0. The zero-order chi connectivity index (χ0) is 9.68. The van der Waals surface area contributed by atoms with Crippen molar-refractivity contribution < 1.29 is 4.79 Å². The van der Waals surface area contributed by atoms with Crippen molar-refractivity contribution >= 4 is 5.78 Å². The molecular weight excluding hydrogens is 166 g/mol. The highest BCUT2D eigenvalue weighted by atomic mass is 16.1. The molecule has 0 saturated carbocycles.